The summed E-state index contributed by atoms with van der Waals surface area (Å²) in [5, 5.41) is 3.03. The molecule has 1 aromatic carbocycles. The third-order valence-electron chi connectivity index (χ3n) is 7.43. The third-order valence-corrected chi connectivity index (χ3v) is 7.43. The number of carbonyl (C=O) groups excluding carboxylic acids is 1. The number of carbonyl (C=O) groups is 1. The standard InChI is InChI=1S/C25H37N5O/c1-18(2)14-25(31)26-20-8-9-23-21(15-20)27-24-17-28(12-13-30(23)24)16-19-6-5-11-29-10-4-3-7-22(19)29/h8-9,15,18-19,22H,3-7,10-14,16-17H2,1-2H3,(H,26,31). The first kappa shape index (κ1) is 21.0. The van der Waals surface area contributed by atoms with E-state index in [9.17, 15) is 4.79 Å². The number of nitrogens with one attached hydrogen (secondary N) is 1. The quantitative estimate of drug-likeness (QED) is 0.787. The molecule has 1 aromatic heterocycles. The Morgan fingerprint density at radius 2 is 2.00 bits per heavy atom. The van der Waals surface area contributed by atoms with Crippen molar-refractivity contribution in [2.75, 3.05) is 31.5 Å². The van der Waals surface area contributed by atoms with Crippen LogP contribution >= 0.6 is 0 Å². The van der Waals surface area contributed by atoms with E-state index in [0.29, 0.717) is 12.3 Å². The van der Waals surface area contributed by atoms with E-state index >= 15 is 0 Å². The minimum absolute atomic E-state index is 0.0775. The molecule has 0 bridgehead atoms. The van der Waals surface area contributed by atoms with Gasteiger partial charge in [0.25, 0.3) is 0 Å². The Hall–Kier alpha value is -1.92. The van der Waals surface area contributed by atoms with Crippen molar-refractivity contribution in [1.82, 2.24) is 19.4 Å². The van der Waals surface area contributed by atoms with Gasteiger partial charge < -0.3 is 14.8 Å². The van der Waals surface area contributed by atoms with E-state index in [1.807, 2.05) is 12.1 Å². The molecular formula is C25H37N5O. The molecular weight excluding hydrogens is 386 g/mol. The van der Waals surface area contributed by atoms with E-state index in [-0.39, 0.29) is 5.91 Å². The second-order valence-electron chi connectivity index (χ2n) is 10.3. The summed E-state index contributed by atoms with van der Waals surface area (Å²) in [7, 11) is 0. The lowest BCUT2D eigenvalue weighted by molar-refractivity contribution is -0.116. The fraction of sp³-hybridized carbons (Fsp3) is 0.680. The number of rotatable bonds is 5. The van der Waals surface area contributed by atoms with E-state index in [2.05, 4.69) is 39.6 Å². The van der Waals surface area contributed by atoms with Crippen molar-refractivity contribution < 1.29 is 4.79 Å². The van der Waals surface area contributed by atoms with E-state index in [4.69, 9.17) is 4.98 Å². The van der Waals surface area contributed by atoms with Crippen LogP contribution in [0.5, 0.6) is 0 Å². The van der Waals surface area contributed by atoms with Gasteiger partial charge in [-0.2, -0.15) is 0 Å². The fourth-order valence-corrected chi connectivity index (χ4v) is 6.01. The zero-order valence-corrected chi connectivity index (χ0v) is 19.1. The third kappa shape index (κ3) is 4.51. The van der Waals surface area contributed by atoms with Crippen LogP contribution in [-0.2, 0) is 17.9 Å². The molecule has 168 valence electrons. The first-order chi connectivity index (χ1) is 15.1. The summed E-state index contributed by atoms with van der Waals surface area (Å²) >= 11 is 0. The summed E-state index contributed by atoms with van der Waals surface area (Å²) in [4.78, 5) is 22.5. The van der Waals surface area contributed by atoms with Gasteiger partial charge in [0, 0.05) is 37.8 Å². The van der Waals surface area contributed by atoms with Gasteiger partial charge in [0.1, 0.15) is 5.82 Å². The van der Waals surface area contributed by atoms with Crippen LogP contribution in [0.2, 0.25) is 0 Å². The van der Waals surface area contributed by atoms with Gasteiger partial charge in [-0.3, -0.25) is 9.69 Å². The van der Waals surface area contributed by atoms with Crippen LogP contribution in [0.1, 0.15) is 58.2 Å². The summed E-state index contributed by atoms with van der Waals surface area (Å²) < 4.78 is 2.37. The maximum atomic E-state index is 12.1. The van der Waals surface area contributed by atoms with Crippen molar-refractivity contribution in [3.05, 3.63) is 24.0 Å². The molecule has 31 heavy (non-hydrogen) atoms. The smallest absolute Gasteiger partial charge is 0.224 e. The van der Waals surface area contributed by atoms with Crippen molar-refractivity contribution in [2.24, 2.45) is 11.8 Å². The van der Waals surface area contributed by atoms with Crippen molar-refractivity contribution in [1.29, 1.82) is 0 Å². The summed E-state index contributed by atoms with van der Waals surface area (Å²) in [5.41, 5.74) is 3.04. The minimum atomic E-state index is 0.0775. The molecule has 2 fully saturated rings. The number of piperidine rings is 2. The van der Waals surface area contributed by atoms with Crippen molar-refractivity contribution >= 4 is 22.6 Å². The Balaban J connectivity index is 1.27. The van der Waals surface area contributed by atoms with Gasteiger partial charge in [0.2, 0.25) is 5.91 Å². The number of hydrogen-bond donors (Lipinski definition) is 1. The Kier molecular flexibility index (Phi) is 6.02. The number of fused-ring (bicyclic) bond motifs is 4. The molecule has 6 nitrogen and oxygen atoms in total. The number of aromatic nitrogens is 2. The second-order valence-corrected chi connectivity index (χ2v) is 10.3. The summed E-state index contributed by atoms with van der Waals surface area (Å²) in [6, 6.07) is 6.97. The van der Waals surface area contributed by atoms with Gasteiger partial charge in [0.15, 0.2) is 0 Å². The highest BCUT2D eigenvalue weighted by atomic mass is 16.1. The Labute approximate surface area is 186 Å². The second kappa shape index (κ2) is 8.91. The normalized spacial score (nSPS) is 24.9. The van der Waals surface area contributed by atoms with Crippen molar-refractivity contribution in [3.8, 4) is 0 Å². The maximum absolute atomic E-state index is 12.1. The number of nitrogens with zero attached hydrogens (tertiary/aromatic N) is 4. The van der Waals surface area contributed by atoms with Crippen LogP contribution in [0.15, 0.2) is 18.2 Å². The lowest BCUT2D eigenvalue weighted by Gasteiger charge is -2.46. The van der Waals surface area contributed by atoms with Gasteiger partial charge in [-0.1, -0.05) is 20.3 Å². The summed E-state index contributed by atoms with van der Waals surface area (Å²) in [5.74, 6) is 2.42. The highest BCUT2D eigenvalue weighted by Gasteiger charge is 2.34. The lowest BCUT2D eigenvalue weighted by Crippen LogP contribution is -2.51. The zero-order chi connectivity index (χ0) is 21.4. The lowest BCUT2D eigenvalue weighted by atomic mass is 9.83. The molecule has 4 heterocycles. The van der Waals surface area contributed by atoms with Gasteiger partial charge in [-0.05, 0) is 68.8 Å². The molecule has 5 rings (SSSR count). The minimum Gasteiger partial charge on any atom is -0.326 e. The van der Waals surface area contributed by atoms with Gasteiger partial charge >= 0.3 is 0 Å². The molecule has 0 aliphatic carbocycles. The average molecular weight is 424 g/mol. The Bertz CT molecular complexity index is 933. The SMILES string of the molecule is CC(C)CC(=O)Nc1ccc2c(c1)nc1n2CCN(CC2CCCN3CCCCC23)C1. The van der Waals surface area contributed by atoms with Crippen LogP contribution in [-0.4, -0.2) is 57.5 Å². The van der Waals surface area contributed by atoms with Gasteiger partial charge in [-0.15, -0.1) is 0 Å². The largest absolute Gasteiger partial charge is 0.326 e. The highest BCUT2D eigenvalue weighted by molar-refractivity contribution is 5.93. The monoisotopic (exact) mass is 423 g/mol. The Morgan fingerprint density at radius 1 is 1.13 bits per heavy atom. The average Bonchev–Trinajstić information content (AvgIpc) is 3.10. The van der Waals surface area contributed by atoms with E-state index in [1.165, 1.54) is 63.1 Å². The molecule has 3 aliphatic heterocycles. The predicted molar refractivity (Wildman–Crippen MR) is 125 cm³/mol. The number of imidazole rings is 1. The topological polar surface area (TPSA) is 53.4 Å². The number of benzene rings is 1. The van der Waals surface area contributed by atoms with Gasteiger partial charge in [-0.25, -0.2) is 4.98 Å². The number of hydrogen-bond acceptors (Lipinski definition) is 4. The van der Waals surface area contributed by atoms with E-state index in [1.54, 1.807) is 0 Å². The van der Waals surface area contributed by atoms with E-state index < -0.39 is 0 Å². The van der Waals surface area contributed by atoms with Crippen LogP contribution in [0.4, 0.5) is 5.69 Å². The van der Waals surface area contributed by atoms with Crippen molar-refractivity contribution in [2.45, 2.75) is 71.5 Å². The molecule has 1 N–H and O–H groups in total. The first-order valence-electron chi connectivity index (χ1n) is 12.3. The van der Waals surface area contributed by atoms with Gasteiger partial charge in [0.05, 0.1) is 17.6 Å². The molecule has 2 saturated heterocycles. The Morgan fingerprint density at radius 3 is 2.87 bits per heavy atom. The van der Waals surface area contributed by atoms with Crippen LogP contribution in [0, 0.1) is 11.8 Å². The zero-order valence-electron chi connectivity index (χ0n) is 19.1. The summed E-state index contributed by atoms with van der Waals surface area (Å²) in [6.45, 7) is 11.0. The molecule has 0 saturated carbocycles. The van der Waals surface area contributed by atoms with E-state index in [0.717, 1.165) is 42.8 Å². The number of amides is 1. The molecule has 3 aliphatic rings. The van der Waals surface area contributed by atoms with Crippen LogP contribution < -0.4 is 5.32 Å². The van der Waals surface area contributed by atoms with Crippen LogP contribution in [0.3, 0.4) is 0 Å². The molecule has 0 radical (unpaired) electrons. The molecule has 2 unspecified atom stereocenters. The van der Waals surface area contributed by atoms with Crippen molar-refractivity contribution in [3.63, 3.8) is 0 Å². The molecule has 2 aromatic rings. The molecule has 6 heteroatoms. The first-order valence-corrected chi connectivity index (χ1v) is 12.3. The van der Waals surface area contributed by atoms with Crippen LogP contribution in [0.25, 0.3) is 11.0 Å². The summed E-state index contributed by atoms with van der Waals surface area (Å²) in [6.07, 6.45) is 7.47. The molecule has 2 atom stereocenters. The fourth-order valence-electron chi connectivity index (χ4n) is 6.01. The highest BCUT2D eigenvalue weighted by Crippen LogP contribution is 2.32. The molecule has 1 amide bonds. The predicted octanol–water partition coefficient (Wildman–Crippen LogP) is 4.10. The molecule has 0 spiro atoms. The number of anilines is 1. The maximum Gasteiger partial charge on any atom is 0.224 e.